The number of fused-ring (bicyclic) bond motifs is 1. The molecule has 1 saturated heterocycles. The Balaban J connectivity index is 1.70. The lowest BCUT2D eigenvalue weighted by Gasteiger charge is -2.21. The number of aromatic nitrogens is 2. The molecule has 1 aliphatic rings. The van der Waals surface area contributed by atoms with Gasteiger partial charge in [-0.2, -0.15) is 0 Å². The molecule has 132 valence electrons. The molecule has 26 heavy (non-hydrogen) atoms. The van der Waals surface area contributed by atoms with E-state index in [0.717, 1.165) is 0 Å². The molecule has 8 heteroatoms. The number of nitrogens with two attached hydrogens (primary N) is 1. The van der Waals surface area contributed by atoms with Crippen LogP contribution >= 0.6 is 0 Å². The first-order valence-electron chi connectivity index (χ1n) is 8.18. The predicted molar refractivity (Wildman–Crippen MR) is 95.7 cm³/mol. The number of hydrogen-bond acceptors (Lipinski definition) is 6. The van der Waals surface area contributed by atoms with Gasteiger partial charge < -0.3 is 11.1 Å². The number of nitrogens with one attached hydrogen (secondary N) is 3. The highest BCUT2D eigenvalue weighted by Crippen LogP contribution is 2.27. The van der Waals surface area contributed by atoms with E-state index in [1.165, 1.54) is 12.4 Å². The molecule has 2 aromatic carbocycles. The minimum absolute atomic E-state index is 0.151. The van der Waals surface area contributed by atoms with Crippen LogP contribution in [0.15, 0.2) is 48.8 Å². The summed E-state index contributed by atoms with van der Waals surface area (Å²) in [7, 11) is 0. The fourth-order valence-corrected chi connectivity index (χ4v) is 3.23. The molecule has 7 nitrogen and oxygen atoms in total. The van der Waals surface area contributed by atoms with Gasteiger partial charge >= 0.3 is 0 Å². The number of carbonyl (C=O) groups is 1. The van der Waals surface area contributed by atoms with Gasteiger partial charge in [0.25, 0.3) is 5.91 Å². The Morgan fingerprint density at radius 1 is 1.19 bits per heavy atom. The van der Waals surface area contributed by atoms with Crippen molar-refractivity contribution in [2.45, 2.75) is 12.1 Å². The topological polar surface area (TPSA) is 105 Å². The number of nitrogens with zero attached hydrogens (tertiary/aromatic N) is 2. The van der Waals surface area contributed by atoms with Gasteiger partial charge in [-0.3, -0.25) is 10.2 Å². The molecule has 2 unspecified atom stereocenters. The van der Waals surface area contributed by atoms with Crippen LogP contribution in [0.3, 0.4) is 0 Å². The number of hydrogen-bond donors (Lipinski definition) is 4. The molecule has 3 aromatic rings. The summed E-state index contributed by atoms with van der Waals surface area (Å²) in [6, 6.07) is 11.4. The lowest BCUT2D eigenvalue weighted by molar-refractivity contribution is 0.100. The third kappa shape index (κ3) is 2.85. The van der Waals surface area contributed by atoms with E-state index in [0.29, 0.717) is 34.4 Å². The zero-order valence-electron chi connectivity index (χ0n) is 13.7. The van der Waals surface area contributed by atoms with Crippen molar-refractivity contribution in [3.05, 3.63) is 65.7 Å². The number of rotatable bonds is 4. The second kappa shape index (κ2) is 6.66. The van der Waals surface area contributed by atoms with E-state index in [4.69, 9.17) is 5.73 Å². The Kier molecular flexibility index (Phi) is 4.19. The molecule has 1 amide bonds. The average Bonchev–Trinajstić information content (AvgIpc) is 3.10. The Morgan fingerprint density at radius 2 is 2.04 bits per heavy atom. The van der Waals surface area contributed by atoms with Crippen LogP contribution in [-0.2, 0) is 0 Å². The van der Waals surface area contributed by atoms with E-state index in [9.17, 15) is 9.18 Å². The van der Waals surface area contributed by atoms with Gasteiger partial charge in [0.05, 0.1) is 23.2 Å². The highest BCUT2D eigenvalue weighted by atomic mass is 19.1. The van der Waals surface area contributed by atoms with Gasteiger partial charge in [-0.1, -0.05) is 24.3 Å². The number of amides is 1. The summed E-state index contributed by atoms with van der Waals surface area (Å²) in [4.78, 5) is 20.1. The van der Waals surface area contributed by atoms with Gasteiger partial charge in [-0.05, 0) is 18.2 Å². The fraction of sp³-hybridized carbons (Fsp3) is 0.167. The van der Waals surface area contributed by atoms with E-state index < -0.39 is 5.91 Å². The van der Waals surface area contributed by atoms with Crippen molar-refractivity contribution in [3.8, 4) is 0 Å². The maximum Gasteiger partial charge on any atom is 0.250 e. The van der Waals surface area contributed by atoms with Crippen molar-refractivity contribution in [1.82, 2.24) is 20.8 Å². The lowest BCUT2D eigenvalue weighted by Crippen LogP contribution is -2.30. The molecular formula is C18H17FN6O. The van der Waals surface area contributed by atoms with Crippen LogP contribution in [0.2, 0.25) is 0 Å². The molecule has 2 atom stereocenters. The molecule has 0 spiro atoms. The molecule has 1 aromatic heterocycles. The van der Waals surface area contributed by atoms with Gasteiger partial charge in [-0.15, -0.1) is 0 Å². The maximum absolute atomic E-state index is 14.2. The highest BCUT2D eigenvalue weighted by molar-refractivity contribution is 6.06. The van der Waals surface area contributed by atoms with Crippen LogP contribution in [0.5, 0.6) is 0 Å². The third-order valence-corrected chi connectivity index (χ3v) is 4.47. The minimum Gasteiger partial charge on any atom is -0.366 e. The van der Waals surface area contributed by atoms with Gasteiger partial charge in [0, 0.05) is 17.5 Å². The average molecular weight is 352 g/mol. The smallest absolute Gasteiger partial charge is 0.250 e. The SMILES string of the molecule is NC(=O)c1cccc2c(NC3CNNC3c3ccccc3F)ncnc12. The Hall–Kier alpha value is -3.10. The summed E-state index contributed by atoms with van der Waals surface area (Å²) in [5, 5.41) is 4.01. The molecule has 0 bridgehead atoms. The van der Waals surface area contributed by atoms with Gasteiger partial charge in [0.15, 0.2) is 0 Å². The van der Waals surface area contributed by atoms with Crippen molar-refractivity contribution < 1.29 is 9.18 Å². The Bertz CT molecular complexity index is 979. The van der Waals surface area contributed by atoms with Crippen LogP contribution in [0.25, 0.3) is 10.9 Å². The summed E-state index contributed by atoms with van der Waals surface area (Å²) in [6.07, 6.45) is 1.38. The minimum atomic E-state index is -0.548. The summed E-state index contributed by atoms with van der Waals surface area (Å²) in [5.74, 6) is -0.257. The largest absolute Gasteiger partial charge is 0.366 e. The summed E-state index contributed by atoms with van der Waals surface area (Å²) in [5.41, 5.74) is 12.9. The van der Waals surface area contributed by atoms with Crippen LogP contribution in [0.1, 0.15) is 22.0 Å². The zero-order chi connectivity index (χ0) is 18.1. The standard InChI is InChI=1S/C18H17FN6O/c19-13-7-2-1-4-10(13)16-14(8-23-25-16)24-18-12-6-3-5-11(17(20)26)15(12)21-9-22-18/h1-7,9,14,16,23,25H,8H2,(H2,20,26)(H,21,22,24). The summed E-state index contributed by atoms with van der Waals surface area (Å²) in [6.45, 7) is 0.569. The van der Waals surface area contributed by atoms with Gasteiger partial charge in [0.1, 0.15) is 18.0 Å². The molecule has 0 aliphatic carbocycles. The number of para-hydroxylation sites is 1. The Morgan fingerprint density at radius 3 is 2.85 bits per heavy atom. The summed E-state index contributed by atoms with van der Waals surface area (Å²) < 4.78 is 14.2. The number of halogens is 1. The van der Waals surface area contributed by atoms with Gasteiger partial charge in [-0.25, -0.2) is 19.8 Å². The first kappa shape index (κ1) is 16.4. The second-order valence-electron chi connectivity index (χ2n) is 6.06. The van der Waals surface area contributed by atoms with Crippen molar-refractivity contribution in [1.29, 1.82) is 0 Å². The molecule has 1 fully saturated rings. The highest BCUT2D eigenvalue weighted by Gasteiger charge is 2.30. The van der Waals surface area contributed by atoms with Crippen LogP contribution in [0.4, 0.5) is 10.2 Å². The van der Waals surface area contributed by atoms with E-state index in [2.05, 4.69) is 26.1 Å². The fourth-order valence-electron chi connectivity index (χ4n) is 3.23. The number of anilines is 1. The molecular weight excluding hydrogens is 335 g/mol. The number of hydrazine groups is 1. The van der Waals surface area contributed by atoms with Crippen molar-refractivity contribution >= 4 is 22.6 Å². The molecule has 1 aliphatic heterocycles. The number of primary amides is 1. The lowest BCUT2D eigenvalue weighted by atomic mass is 10.0. The predicted octanol–water partition coefficient (Wildman–Crippen LogP) is 1.50. The van der Waals surface area contributed by atoms with Crippen LogP contribution in [-0.4, -0.2) is 28.5 Å². The maximum atomic E-state index is 14.2. The van der Waals surface area contributed by atoms with Crippen molar-refractivity contribution in [2.75, 3.05) is 11.9 Å². The second-order valence-corrected chi connectivity index (χ2v) is 6.06. The van der Waals surface area contributed by atoms with E-state index >= 15 is 0 Å². The molecule has 4 rings (SSSR count). The van der Waals surface area contributed by atoms with Crippen molar-refractivity contribution in [3.63, 3.8) is 0 Å². The van der Waals surface area contributed by atoms with Crippen LogP contribution < -0.4 is 21.9 Å². The normalized spacial score (nSPS) is 19.6. The molecule has 0 saturated carbocycles. The molecule has 2 heterocycles. The monoisotopic (exact) mass is 352 g/mol. The van der Waals surface area contributed by atoms with Crippen molar-refractivity contribution in [2.24, 2.45) is 5.73 Å². The first-order valence-corrected chi connectivity index (χ1v) is 8.18. The zero-order valence-corrected chi connectivity index (χ0v) is 13.7. The number of benzene rings is 2. The number of carbonyl (C=O) groups excluding carboxylic acids is 1. The molecule has 0 radical (unpaired) electrons. The van der Waals surface area contributed by atoms with E-state index in [-0.39, 0.29) is 17.9 Å². The van der Waals surface area contributed by atoms with Crippen LogP contribution in [0, 0.1) is 5.82 Å². The quantitative estimate of drug-likeness (QED) is 0.567. The molecule has 5 N–H and O–H groups in total. The first-order chi connectivity index (χ1) is 12.6. The third-order valence-electron chi connectivity index (χ3n) is 4.47. The van der Waals surface area contributed by atoms with E-state index in [1.54, 1.807) is 30.3 Å². The summed E-state index contributed by atoms with van der Waals surface area (Å²) >= 11 is 0. The van der Waals surface area contributed by atoms with Gasteiger partial charge in [0.2, 0.25) is 0 Å². The van der Waals surface area contributed by atoms with E-state index in [1.807, 2.05) is 6.07 Å². The Labute approximate surface area is 148 Å².